The fourth-order valence-corrected chi connectivity index (χ4v) is 7.46. The molecule has 6 heteroatoms. The number of carbonyl (C=O) groups excluding carboxylic acids is 2. The number of methoxy groups -OCH3 is 1. The molecule has 6 nitrogen and oxygen atoms in total. The third-order valence-electron chi connectivity index (χ3n) is 9.10. The summed E-state index contributed by atoms with van der Waals surface area (Å²) in [6, 6.07) is 4.40. The number of hydrogen-bond donors (Lipinski definition) is 0. The molecule has 2 bridgehead atoms. The zero-order valence-corrected chi connectivity index (χ0v) is 21.7. The predicted molar refractivity (Wildman–Crippen MR) is 134 cm³/mol. The van der Waals surface area contributed by atoms with Crippen LogP contribution in [0.3, 0.4) is 0 Å². The van der Waals surface area contributed by atoms with Crippen LogP contribution in [0.2, 0.25) is 0 Å². The number of likely N-dealkylation sites (tertiary alicyclic amines) is 1. The van der Waals surface area contributed by atoms with Crippen LogP contribution in [-0.4, -0.2) is 49.5 Å². The highest BCUT2D eigenvalue weighted by molar-refractivity contribution is 5.80. The molecule has 1 aromatic carbocycles. The first kappa shape index (κ1) is 24.4. The van der Waals surface area contributed by atoms with Crippen molar-refractivity contribution in [2.24, 2.45) is 5.41 Å². The molecule has 1 fully saturated rings. The van der Waals surface area contributed by atoms with Gasteiger partial charge in [-0.05, 0) is 63.4 Å². The van der Waals surface area contributed by atoms with Gasteiger partial charge in [0.25, 0.3) is 0 Å². The summed E-state index contributed by atoms with van der Waals surface area (Å²) < 4.78 is 18.5. The van der Waals surface area contributed by atoms with Gasteiger partial charge in [0, 0.05) is 36.3 Å². The van der Waals surface area contributed by atoms with E-state index in [-0.39, 0.29) is 17.4 Å². The van der Waals surface area contributed by atoms with Crippen molar-refractivity contribution < 1.29 is 23.8 Å². The number of piperidine rings is 1. The summed E-state index contributed by atoms with van der Waals surface area (Å²) in [5.74, 6) is 2.25. The highest BCUT2D eigenvalue weighted by Gasteiger charge is 2.72. The number of Topliss-reactive ketones (excluding diaryl/α,β-unsaturated/α-hetero) is 1. The van der Waals surface area contributed by atoms with Gasteiger partial charge in [0.2, 0.25) is 0 Å². The highest BCUT2D eigenvalue weighted by atomic mass is 16.6. The van der Waals surface area contributed by atoms with Gasteiger partial charge >= 0.3 is 5.97 Å². The fraction of sp³-hybridized carbons (Fsp3) is 0.655. The molecule has 2 aliphatic carbocycles. The lowest BCUT2D eigenvalue weighted by Crippen LogP contribution is -2.70. The highest BCUT2D eigenvalue weighted by Crippen LogP contribution is 2.70. The van der Waals surface area contributed by atoms with Crippen molar-refractivity contribution in [3.05, 3.63) is 35.1 Å². The van der Waals surface area contributed by atoms with E-state index < -0.39 is 11.5 Å². The molecule has 35 heavy (non-hydrogen) atoms. The molecule has 190 valence electrons. The third kappa shape index (κ3) is 3.54. The second kappa shape index (κ2) is 9.27. The zero-order valence-electron chi connectivity index (χ0n) is 21.7. The molecular formula is C29H39NO5. The van der Waals surface area contributed by atoms with Crippen LogP contribution in [0.4, 0.5) is 0 Å². The Labute approximate surface area is 209 Å². The van der Waals surface area contributed by atoms with Gasteiger partial charge in [-0.3, -0.25) is 9.59 Å². The quantitative estimate of drug-likeness (QED) is 0.433. The average molecular weight is 482 g/mol. The van der Waals surface area contributed by atoms with E-state index in [1.54, 1.807) is 7.11 Å². The second-order valence-corrected chi connectivity index (χ2v) is 10.9. The molecule has 0 radical (unpaired) electrons. The number of likely N-dealkylation sites (N-methyl/N-ethyl adjacent to an activating group) is 1. The minimum atomic E-state index is -0.414. The molecular weight excluding hydrogens is 442 g/mol. The summed E-state index contributed by atoms with van der Waals surface area (Å²) in [6.45, 7) is 5.12. The summed E-state index contributed by atoms with van der Waals surface area (Å²) in [5.41, 5.74) is 1.78. The maximum Gasteiger partial charge on any atom is 0.310 e. The van der Waals surface area contributed by atoms with Gasteiger partial charge in [-0.25, -0.2) is 0 Å². The summed E-state index contributed by atoms with van der Waals surface area (Å²) in [6.07, 6.45) is 9.37. The van der Waals surface area contributed by atoms with Crippen LogP contribution >= 0.6 is 0 Å². The third-order valence-corrected chi connectivity index (χ3v) is 9.10. The van der Waals surface area contributed by atoms with E-state index in [9.17, 15) is 9.59 Å². The van der Waals surface area contributed by atoms with E-state index in [4.69, 9.17) is 14.2 Å². The molecule has 2 aliphatic heterocycles. The Morgan fingerprint density at radius 1 is 1.17 bits per heavy atom. The normalized spacial score (nSPS) is 30.2. The smallest absolute Gasteiger partial charge is 0.310 e. The van der Waals surface area contributed by atoms with Gasteiger partial charge < -0.3 is 19.1 Å². The first-order valence-corrected chi connectivity index (χ1v) is 13.4. The molecule has 0 amide bonds. The molecule has 1 aromatic rings. The molecule has 0 N–H and O–H groups in total. The van der Waals surface area contributed by atoms with Crippen LogP contribution in [0.5, 0.6) is 11.5 Å². The van der Waals surface area contributed by atoms with Gasteiger partial charge in [0.15, 0.2) is 17.6 Å². The van der Waals surface area contributed by atoms with Crippen LogP contribution in [0.15, 0.2) is 24.0 Å². The first-order chi connectivity index (χ1) is 16.9. The number of allylic oxidation sites excluding steroid dienone is 1. The SMILES string of the molecule is CCCCC(=O)C[C@@]12CC=C(OC(=O)CCCC)[C@@H]3Oc4c(OC)ccc5c4[C@@]31CCN(C)C2C5. The molecule has 5 rings (SSSR count). The second-order valence-electron chi connectivity index (χ2n) is 10.9. The molecule has 1 unspecified atom stereocenters. The van der Waals surface area contributed by atoms with E-state index >= 15 is 0 Å². The first-order valence-electron chi connectivity index (χ1n) is 13.4. The largest absolute Gasteiger partial charge is 0.493 e. The lowest BCUT2D eigenvalue weighted by Gasteiger charge is -2.64. The Morgan fingerprint density at radius 2 is 1.94 bits per heavy atom. The molecule has 0 saturated carbocycles. The van der Waals surface area contributed by atoms with E-state index in [1.165, 1.54) is 11.1 Å². The Morgan fingerprint density at radius 3 is 2.69 bits per heavy atom. The molecule has 4 atom stereocenters. The maximum absolute atomic E-state index is 13.4. The predicted octanol–water partition coefficient (Wildman–Crippen LogP) is 5.11. The average Bonchev–Trinajstić information content (AvgIpc) is 3.21. The number of benzene rings is 1. The van der Waals surface area contributed by atoms with Crippen LogP contribution < -0.4 is 9.47 Å². The van der Waals surface area contributed by atoms with E-state index in [2.05, 4.69) is 37.9 Å². The summed E-state index contributed by atoms with van der Waals surface area (Å²) in [5, 5.41) is 0. The van der Waals surface area contributed by atoms with E-state index in [0.717, 1.165) is 50.8 Å². The molecule has 2 heterocycles. The van der Waals surface area contributed by atoms with Crippen LogP contribution in [0, 0.1) is 5.41 Å². The number of ketones is 1. The summed E-state index contributed by atoms with van der Waals surface area (Å²) in [4.78, 5) is 28.6. The number of rotatable bonds is 10. The lowest BCUT2D eigenvalue weighted by atomic mass is 9.43. The van der Waals surface area contributed by atoms with Gasteiger partial charge in [-0.1, -0.05) is 32.8 Å². The maximum atomic E-state index is 13.4. The monoisotopic (exact) mass is 481 g/mol. The Kier molecular flexibility index (Phi) is 6.45. The van der Waals surface area contributed by atoms with Crippen molar-refractivity contribution in [2.45, 2.75) is 95.6 Å². The van der Waals surface area contributed by atoms with Gasteiger partial charge in [0.05, 0.1) is 12.5 Å². The van der Waals surface area contributed by atoms with Gasteiger partial charge in [-0.2, -0.15) is 0 Å². The van der Waals surface area contributed by atoms with Crippen LogP contribution in [0.1, 0.15) is 82.8 Å². The summed E-state index contributed by atoms with van der Waals surface area (Å²) >= 11 is 0. The number of hydrogen-bond acceptors (Lipinski definition) is 6. The Balaban J connectivity index is 1.65. The van der Waals surface area contributed by atoms with Crippen molar-refractivity contribution in [3.8, 4) is 11.5 Å². The summed E-state index contributed by atoms with van der Waals surface area (Å²) in [7, 11) is 3.87. The minimum Gasteiger partial charge on any atom is -0.493 e. The van der Waals surface area contributed by atoms with Crippen molar-refractivity contribution in [2.75, 3.05) is 20.7 Å². The Bertz CT molecular complexity index is 1050. The lowest BCUT2D eigenvalue weighted by molar-refractivity contribution is -0.149. The number of esters is 1. The standard InChI is InChI=1S/C29H39NO5/c1-5-7-9-20(31)18-28-14-13-22(34-24(32)10-8-6-2)27-29(28)15-16-30(3)23(28)17-19-11-12-21(33-4)26(35-27)25(19)29/h11-13,23,27H,5-10,14-18H2,1-4H3/t23?,27-,28+,29-/m0/s1. The van der Waals surface area contributed by atoms with Crippen molar-refractivity contribution in [3.63, 3.8) is 0 Å². The van der Waals surface area contributed by atoms with Crippen molar-refractivity contribution in [1.82, 2.24) is 4.90 Å². The molecule has 1 saturated heterocycles. The zero-order chi connectivity index (χ0) is 24.8. The molecule has 0 aromatic heterocycles. The van der Waals surface area contributed by atoms with Crippen LogP contribution in [0.25, 0.3) is 0 Å². The van der Waals surface area contributed by atoms with Crippen LogP contribution in [-0.2, 0) is 26.2 Å². The van der Waals surface area contributed by atoms with E-state index in [0.29, 0.717) is 43.0 Å². The van der Waals surface area contributed by atoms with Gasteiger partial charge in [0.1, 0.15) is 11.5 Å². The number of ether oxygens (including phenoxy) is 3. The minimum absolute atomic E-state index is 0.201. The molecule has 4 aliphatic rings. The number of nitrogens with zero attached hydrogens (tertiary/aromatic N) is 1. The number of unbranched alkanes of at least 4 members (excludes halogenated alkanes) is 2. The van der Waals surface area contributed by atoms with Crippen molar-refractivity contribution >= 4 is 11.8 Å². The Hall–Kier alpha value is -2.34. The van der Waals surface area contributed by atoms with Crippen molar-refractivity contribution in [1.29, 1.82) is 0 Å². The fourth-order valence-electron chi connectivity index (χ4n) is 7.46. The van der Waals surface area contributed by atoms with E-state index in [1.807, 2.05) is 6.07 Å². The van der Waals surface area contributed by atoms with Gasteiger partial charge in [-0.15, -0.1) is 0 Å². The topological polar surface area (TPSA) is 65.1 Å². The molecule has 1 spiro atoms. The number of carbonyl (C=O) groups is 2.